The second-order valence-electron chi connectivity index (χ2n) is 5.95. The van der Waals surface area contributed by atoms with E-state index in [0.29, 0.717) is 10.5 Å². The van der Waals surface area contributed by atoms with Gasteiger partial charge in [-0.2, -0.15) is 5.21 Å². The molecule has 0 saturated heterocycles. The molecular weight excluding hydrogens is 348 g/mol. The van der Waals surface area contributed by atoms with E-state index in [1.54, 1.807) is 6.07 Å². The number of H-pyrrole nitrogens is 1. The van der Waals surface area contributed by atoms with Gasteiger partial charge in [0.1, 0.15) is 4.90 Å². The van der Waals surface area contributed by atoms with E-state index in [1.165, 1.54) is 11.8 Å². The molecule has 1 aliphatic rings. The van der Waals surface area contributed by atoms with Crippen molar-refractivity contribution in [1.29, 1.82) is 0 Å². The Morgan fingerprint density at radius 2 is 1.96 bits per heavy atom. The highest BCUT2D eigenvalue weighted by molar-refractivity contribution is 7.99. The standard InChI is InChI=1S/C14H20N6O2S2/c1-23-11-7-6-10(8-2-4-9(15)5-3-8)12(13(11)24(16,21)22)14-17-19-20-18-14/h6-9H,2-5,15H2,1H3,(H2,16,21,22)(H,17,18,19,20). The normalized spacial score (nSPS) is 21.8. The van der Waals surface area contributed by atoms with Crippen molar-refractivity contribution in [3.63, 3.8) is 0 Å². The first-order chi connectivity index (χ1) is 11.4. The lowest BCUT2D eigenvalue weighted by Gasteiger charge is -2.28. The Hall–Kier alpha value is -1.49. The molecule has 1 aromatic heterocycles. The number of primary sulfonamides is 1. The fourth-order valence-corrected chi connectivity index (χ4v) is 5.22. The number of nitrogens with one attached hydrogen (secondary N) is 1. The summed E-state index contributed by atoms with van der Waals surface area (Å²) in [6, 6.07) is 3.96. The van der Waals surface area contributed by atoms with Gasteiger partial charge in [-0.1, -0.05) is 6.07 Å². The van der Waals surface area contributed by atoms with Crippen LogP contribution in [0.4, 0.5) is 0 Å². The minimum atomic E-state index is -3.94. The average molecular weight is 368 g/mol. The number of nitrogens with two attached hydrogens (primary N) is 2. The molecule has 10 heteroatoms. The minimum absolute atomic E-state index is 0.0729. The maximum atomic E-state index is 12.3. The van der Waals surface area contributed by atoms with Gasteiger partial charge in [0.15, 0.2) is 0 Å². The quantitative estimate of drug-likeness (QED) is 0.689. The second kappa shape index (κ2) is 6.79. The molecule has 1 aliphatic carbocycles. The van der Waals surface area contributed by atoms with Crippen LogP contribution in [0.2, 0.25) is 0 Å². The summed E-state index contributed by atoms with van der Waals surface area (Å²) >= 11 is 1.32. The molecule has 1 heterocycles. The second-order valence-corrected chi connectivity index (χ2v) is 8.30. The van der Waals surface area contributed by atoms with E-state index >= 15 is 0 Å². The third kappa shape index (κ3) is 3.32. The summed E-state index contributed by atoms with van der Waals surface area (Å²) in [6.45, 7) is 0. The lowest BCUT2D eigenvalue weighted by molar-refractivity contribution is 0.395. The van der Waals surface area contributed by atoms with Crippen molar-refractivity contribution in [1.82, 2.24) is 20.6 Å². The molecule has 3 rings (SSSR count). The number of aromatic amines is 1. The minimum Gasteiger partial charge on any atom is -0.328 e. The molecule has 130 valence electrons. The van der Waals surface area contributed by atoms with Gasteiger partial charge in [0.2, 0.25) is 15.8 Å². The monoisotopic (exact) mass is 368 g/mol. The van der Waals surface area contributed by atoms with E-state index in [4.69, 9.17) is 10.9 Å². The lowest BCUT2D eigenvalue weighted by Crippen LogP contribution is -2.26. The van der Waals surface area contributed by atoms with Gasteiger partial charge in [-0.25, -0.2) is 13.6 Å². The van der Waals surface area contributed by atoms with Gasteiger partial charge in [0, 0.05) is 16.5 Å². The highest BCUT2D eigenvalue weighted by atomic mass is 32.2. The zero-order valence-corrected chi connectivity index (χ0v) is 14.9. The topological polar surface area (TPSA) is 141 Å². The predicted molar refractivity (Wildman–Crippen MR) is 92.0 cm³/mol. The molecule has 1 saturated carbocycles. The van der Waals surface area contributed by atoms with E-state index in [-0.39, 0.29) is 22.7 Å². The van der Waals surface area contributed by atoms with Crippen molar-refractivity contribution >= 4 is 21.8 Å². The number of rotatable bonds is 4. The molecule has 8 nitrogen and oxygen atoms in total. The third-order valence-corrected chi connectivity index (χ3v) is 6.34. The number of hydrogen-bond acceptors (Lipinski definition) is 7. The van der Waals surface area contributed by atoms with Crippen molar-refractivity contribution in [3.8, 4) is 11.4 Å². The lowest BCUT2D eigenvalue weighted by atomic mass is 9.80. The van der Waals surface area contributed by atoms with Gasteiger partial charge >= 0.3 is 0 Å². The van der Waals surface area contributed by atoms with Crippen molar-refractivity contribution < 1.29 is 8.42 Å². The predicted octanol–water partition coefficient (Wildman–Crippen LogP) is 1.22. The zero-order valence-electron chi connectivity index (χ0n) is 13.3. The van der Waals surface area contributed by atoms with Crippen LogP contribution < -0.4 is 10.9 Å². The van der Waals surface area contributed by atoms with E-state index < -0.39 is 10.0 Å². The Labute approximate surface area is 144 Å². The number of hydrogen-bond donors (Lipinski definition) is 3. The molecule has 0 bridgehead atoms. The van der Waals surface area contributed by atoms with Gasteiger partial charge < -0.3 is 5.73 Å². The first-order valence-electron chi connectivity index (χ1n) is 7.65. The molecule has 0 radical (unpaired) electrons. The Kier molecular flexibility index (Phi) is 4.90. The highest BCUT2D eigenvalue weighted by Crippen LogP contribution is 2.42. The Morgan fingerprint density at radius 1 is 1.25 bits per heavy atom. The van der Waals surface area contributed by atoms with Crippen molar-refractivity contribution in [2.45, 2.75) is 47.4 Å². The SMILES string of the molecule is CSc1ccc(C2CCC(N)CC2)c(-c2nn[nH]n2)c1S(N)(=O)=O. The van der Waals surface area contributed by atoms with Crippen LogP contribution in [0.15, 0.2) is 21.9 Å². The van der Waals surface area contributed by atoms with Crippen LogP contribution in [-0.2, 0) is 10.0 Å². The number of tetrazole rings is 1. The van der Waals surface area contributed by atoms with Crippen LogP contribution in [0.3, 0.4) is 0 Å². The summed E-state index contributed by atoms with van der Waals surface area (Å²) in [7, 11) is -3.94. The number of sulfonamides is 1. The smallest absolute Gasteiger partial charge is 0.239 e. The molecule has 0 aliphatic heterocycles. The zero-order chi connectivity index (χ0) is 17.3. The van der Waals surface area contributed by atoms with Crippen LogP contribution >= 0.6 is 11.8 Å². The van der Waals surface area contributed by atoms with E-state index in [9.17, 15) is 8.42 Å². The summed E-state index contributed by atoms with van der Waals surface area (Å²) in [4.78, 5) is 0.650. The number of benzene rings is 1. The molecule has 0 amide bonds. The fourth-order valence-electron chi connectivity index (χ4n) is 3.29. The van der Waals surface area contributed by atoms with E-state index in [0.717, 1.165) is 31.2 Å². The Morgan fingerprint density at radius 3 is 2.50 bits per heavy atom. The Balaban J connectivity index is 2.23. The maximum absolute atomic E-state index is 12.3. The Bertz CT molecular complexity index is 814. The van der Waals surface area contributed by atoms with Gasteiger partial charge in [0.05, 0.1) is 0 Å². The maximum Gasteiger partial charge on any atom is 0.239 e. The summed E-state index contributed by atoms with van der Waals surface area (Å²) in [5.74, 6) is 0.453. The summed E-state index contributed by atoms with van der Waals surface area (Å²) < 4.78 is 24.5. The van der Waals surface area contributed by atoms with Crippen LogP contribution in [0.5, 0.6) is 0 Å². The van der Waals surface area contributed by atoms with Crippen molar-refractivity contribution in [2.75, 3.05) is 6.26 Å². The average Bonchev–Trinajstić information content (AvgIpc) is 3.07. The molecular formula is C14H20N6O2S2. The molecule has 0 spiro atoms. The van der Waals surface area contributed by atoms with Crippen LogP contribution in [0.25, 0.3) is 11.4 Å². The summed E-state index contributed by atoms with van der Waals surface area (Å²) in [5.41, 5.74) is 7.34. The number of thioether (sulfide) groups is 1. The molecule has 1 fully saturated rings. The molecule has 0 unspecified atom stereocenters. The fraction of sp³-hybridized carbons (Fsp3) is 0.500. The number of nitrogens with zero attached hydrogens (tertiary/aromatic N) is 3. The largest absolute Gasteiger partial charge is 0.328 e. The van der Waals surface area contributed by atoms with E-state index in [2.05, 4.69) is 20.6 Å². The van der Waals surface area contributed by atoms with Crippen LogP contribution in [-0.4, -0.2) is 41.3 Å². The molecule has 1 aromatic carbocycles. The first-order valence-corrected chi connectivity index (χ1v) is 10.4. The summed E-state index contributed by atoms with van der Waals surface area (Å²) in [5, 5.41) is 19.5. The van der Waals surface area contributed by atoms with Crippen molar-refractivity contribution in [3.05, 3.63) is 17.7 Å². The van der Waals surface area contributed by atoms with Crippen molar-refractivity contribution in [2.24, 2.45) is 10.9 Å². The highest BCUT2D eigenvalue weighted by Gasteiger charge is 2.30. The number of aromatic nitrogens is 4. The van der Waals surface area contributed by atoms with Gasteiger partial charge in [-0.15, -0.1) is 22.0 Å². The summed E-state index contributed by atoms with van der Waals surface area (Å²) in [6.07, 6.45) is 5.42. The molecule has 5 N–H and O–H groups in total. The molecule has 24 heavy (non-hydrogen) atoms. The third-order valence-electron chi connectivity index (χ3n) is 4.44. The van der Waals surface area contributed by atoms with Crippen LogP contribution in [0, 0.1) is 0 Å². The molecule has 2 aromatic rings. The van der Waals surface area contributed by atoms with Crippen LogP contribution in [0.1, 0.15) is 37.2 Å². The van der Waals surface area contributed by atoms with Gasteiger partial charge in [0.25, 0.3) is 0 Å². The molecule has 0 atom stereocenters. The first kappa shape index (κ1) is 17.3. The van der Waals surface area contributed by atoms with E-state index in [1.807, 2.05) is 12.3 Å². The van der Waals surface area contributed by atoms with Gasteiger partial charge in [-0.3, -0.25) is 0 Å². The van der Waals surface area contributed by atoms with Gasteiger partial charge in [-0.05, 0) is 54.7 Å².